The van der Waals surface area contributed by atoms with Crippen LogP contribution < -0.4 is 4.73 Å². The highest BCUT2D eigenvalue weighted by molar-refractivity contribution is 5.89. The number of ether oxygens (including phenoxy) is 1. The van der Waals surface area contributed by atoms with Gasteiger partial charge in [-0.15, -0.1) is 0 Å². The summed E-state index contributed by atoms with van der Waals surface area (Å²) in [6.07, 6.45) is 13.6. The molecule has 146 valence electrons. The molecule has 0 saturated heterocycles. The van der Waals surface area contributed by atoms with Crippen molar-refractivity contribution in [3.63, 3.8) is 0 Å². The molecular weight excluding hydrogens is 330 g/mol. The van der Waals surface area contributed by atoms with E-state index >= 15 is 0 Å². The monoisotopic (exact) mass is 363 g/mol. The molecule has 5 nitrogen and oxygen atoms in total. The largest absolute Gasteiger partial charge is 0.619 e. The van der Waals surface area contributed by atoms with Gasteiger partial charge in [0.25, 0.3) is 0 Å². The van der Waals surface area contributed by atoms with Gasteiger partial charge in [0, 0.05) is 12.1 Å². The van der Waals surface area contributed by atoms with Gasteiger partial charge in [-0.2, -0.15) is 4.73 Å². The molecule has 1 heterocycles. The van der Waals surface area contributed by atoms with Crippen LogP contribution in [-0.4, -0.2) is 17.7 Å². The molecule has 0 amide bonds. The van der Waals surface area contributed by atoms with Crippen molar-refractivity contribution in [2.75, 3.05) is 6.61 Å². The predicted molar refractivity (Wildman–Crippen MR) is 102 cm³/mol. The van der Waals surface area contributed by atoms with Crippen molar-refractivity contribution in [1.82, 2.24) is 0 Å². The number of aliphatic hydroxyl groups excluding tert-OH is 1. The van der Waals surface area contributed by atoms with Crippen LogP contribution in [0.3, 0.4) is 0 Å². The molecule has 0 aliphatic heterocycles. The average molecular weight is 363 g/mol. The third kappa shape index (κ3) is 8.99. The summed E-state index contributed by atoms with van der Waals surface area (Å²) in [6, 6.07) is 2.91. The van der Waals surface area contributed by atoms with Gasteiger partial charge in [-0.3, -0.25) is 0 Å². The SMILES string of the molecule is C=C(C(=O)OCCCCCCCCCCCC)C(O)c1cc[n+]([O-])cc1. The Hall–Kier alpha value is -1.88. The van der Waals surface area contributed by atoms with Gasteiger partial charge >= 0.3 is 5.97 Å². The average Bonchev–Trinajstić information content (AvgIpc) is 2.65. The summed E-state index contributed by atoms with van der Waals surface area (Å²) in [5, 5.41) is 21.1. The Morgan fingerprint density at radius 3 is 2.12 bits per heavy atom. The summed E-state index contributed by atoms with van der Waals surface area (Å²) in [5.41, 5.74) is 0.429. The number of rotatable bonds is 14. The van der Waals surface area contributed by atoms with E-state index < -0.39 is 12.1 Å². The van der Waals surface area contributed by atoms with E-state index in [2.05, 4.69) is 13.5 Å². The molecule has 0 aliphatic rings. The molecule has 5 heteroatoms. The molecule has 0 radical (unpaired) electrons. The highest BCUT2D eigenvalue weighted by atomic mass is 16.5. The van der Waals surface area contributed by atoms with Crippen molar-refractivity contribution in [3.05, 3.63) is 47.4 Å². The van der Waals surface area contributed by atoms with Gasteiger partial charge in [0.1, 0.15) is 6.10 Å². The fraction of sp³-hybridized carbons (Fsp3) is 0.619. The third-order valence-corrected chi connectivity index (χ3v) is 4.47. The van der Waals surface area contributed by atoms with Crippen LogP contribution in [0.4, 0.5) is 0 Å². The smallest absolute Gasteiger partial charge is 0.336 e. The maximum absolute atomic E-state index is 11.9. The van der Waals surface area contributed by atoms with Gasteiger partial charge in [-0.05, 0) is 12.0 Å². The van der Waals surface area contributed by atoms with Crippen LogP contribution in [-0.2, 0) is 9.53 Å². The molecule has 0 saturated carbocycles. The van der Waals surface area contributed by atoms with Gasteiger partial charge in [0.15, 0.2) is 12.4 Å². The molecule has 1 rings (SSSR count). The number of carbonyl (C=O) groups is 1. The summed E-state index contributed by atoms with van der Waals surface area (Å²) in [5.74, 6) is -0.590. The van der Waals surface area contributed by atoms with E-state index in [1.165, 1.54) is 69.5 Å². The van der Waals surface area contributed by atoms with Gasteiger partial charge in [0.05, 0.1) is 12.2 Å². The minimum Gasteiger partial charge on any atom is -0.619 e. The molecule has 0 spiro atoms. The number of carbonyl (C=O) groups excluding carboxylic acids is 1. The highest BCUT2D eigenvalue weighted by Gasteiger charge is 2.20. The van der Waals surface area contributed by atoms with Crippen LogP contribution >= 0.6 is 0 Å². The topological polar surface area (TPSA) is 73.5 Å². The van der Waals surface area contributed by atoms with Crippen molar-refractivity contribution < 1.29 is 19.4 Å². The molecule has 0 aromatic carbocycles. The lowest BCUT2D eigenvalue weighted by Crippen LogP contribution is -2.24. The van der Waals surface area contributed by atoms with Crippen LogP contribution in [0.15, 0.2) is 36.7 Å². The van der Waals surface area contributed by atoms with Crippen molar-refractivity contribution in [2.24, 2.45) is 0 Å². The second kappa shape index (κ2) is 13.3. The zero-order valence-corrected chi connectivity index (χ0v) is 16.0. The zero-order chi connectivity index (χ0) is 19.2. The molecule has 0 bridgehead atoms. The van der Waals surface area contributed by atoms with Crippen molar-refractivity contribution in [1.29, 1.82) is 0 Å². The van der Waals surface area contributed by atoms with Crippen molar-refractivity contribution in [2.45, 2.75) is 77.2 Å². The number of esters is 1. The fourth-order valence-corrected chi connectivity index (χ4v) is 2.77. The van der Waals surface area contributed by atoms with E-state index in [-0.39, 0.29) is 5.57 Å². The molecule has 1 aromatic heterocycles. The molecule has 26 heavy (non-hydrogen) atoms. The maximum atomic E-state index is 11.9. The lowest BCUT2D eigenvalue weighted by atomic mass is 10.0. The van der Waals surface area contributed by atoms with Crippen LogP contribution in [0.1, 0.15) is 82.8 Å². The zero-order valence-electron chi connectivity index (χ0n) is 16.0. The molecule has 0 aliphatic carbocycles. The van der Waals surface area contributed by atoms with E-state index in [0.29, 0.717) is 16.9 Å². The Morgan fingerprint density at radius 1 is 1.08 bits per heavy atom. The first kappa shape index (κ1) is 22.2. The second-order valence-corrected chi connectivity index (χ2v) is 6.74. The van der Waals surface area contributed by atoms with Crippen LogP contribution in [0.5, 0.6) is 0 Å². The lowest BCUT2D eigenvalue weighted by molar-refractivity contribution is -0.605. The molecule has 1 atom stereocenters. The van der Waals surface area contributed by atoms with E-state index in [0.717, 1.165) is 19.3 Å². The number of unbranched alkanes of at least 4 members (excludes halogenated alkanes) is 9. The quantitative estimate of drug-likeness (QED) is 0.175. The Bertz CT molecular complexity index is 527. The lowest BCUT2D eigenvalue weighted by Gasteiger charge is -2.13. The van der Waals surface area contributed by atoms with Gasteiger partial charge < -0.3 is 15.1 Å². The first-order valence-electron chi connectivity index (χ1n) is 9.79. The Labute approximate surface area is 157 Å². The Balaban J connectivity index is 2.09. The van der Waals surface area contributed by atoms with Crippen molar-refractivity contribution in [3.8, 4) is 0 Å². The summed E-state index contributed by atoms with van der Waals surface area (Å²) in [4.78, 5) is 11.9. The minimum absolute atomic E-state index is 0.0132. The second-order valence-electron chi connectivity index (χ2n) is 6.74. The summed E-state index contributed by atoms with van der Waals surface area (Å²) in [6.45, 7) is 6.19. The van der Waals surface area contributed by atoms with E-state index in [1.807, 2.05) is 0 Å². The van der Waals surface area contributed by atoms with Gasteiger partial charge in [-0.1, -0.05) is 71.3 Å². The number of pyridine rings is 1. The number of aromatic nitrogens is 1. The summed E-state index contributed by atoms with van der Waals surface area (Å²) in [7, 11) is 0. The van der Waals surface area contributed by atoms with Gasteiger partial charge in [-0.25, -0.2) is 4.79 Å². The third-order valence-electron chi connectivity index (χ3n) is 4.47. The molecular formula is C21H33NO4. The van der Waals surface area contributed by atoms with E-state index in [4.69, 9.17) is 4.74 Å². The van der Waals surface area contributed by atoms with Gasteiger partial charge in [0.2, 0.25) is 0 Å². The number of hydrogen-bond acceptors (Lipinski definition) is 4. The number of aliphatic hydroxyl groups is 1. The van der Waals surface area contributed by atoms with Crippen LogP contribution in [0.2, 0.25) is 0 Å². The fourth-order valence-electron chi connectivity index (χ4n) is 2.77. The first-order chi connectivity index (χ1) is 12.6. The molecule has 1 N–H and O–H groups in total. The Morgan fingerprint density at radius 2 is 1.58 bits per heavy atom. The van der Waals surface area contributed by atoms with E-state index in [1.54, 1.807) is 0 Å². The van der Waals surface area contributed by atoms with E-state index in [9.17, 15) is 15.1 Å². The minimum atomic E-state index is -1.16. The van der Waals surface area contributed by atoms with Crippen LogP contribution in [0.25, 0.3) is 0 Å². The standard InChI is InChI=1S/C21H33NO4/c1-3-4-5-6-7-8-9-10-11-12-17-26-21(24)18(2)20(23)19-13-15-22(25)16-14-19/h13-16,20,23H,2-12,17H2,1H3. The Kier molecular flexibility index (Phi) is 11.4. The molecule has 1 unspecified atom stereocenters. The normalized spacial score (nSPS) is 11.9. The summed E-state index contributed by atoms with van der Waals surface area (Å²) < 4.78 is 5.79. The first-order valence-corrected chi connectivity index (χ1v) is 9.79. The molecule has 0 fully saturated rings. The highest BCUT2D eigenvalue weighted by Crippen LogP contribution is 2.20. The van der Waals surface area contributed by atoms with Crippen molar-refractivity contribution >= 4 is 5.97 Å². The number of hydrogen-bond donors (Lipinski definition) is 1. The van der Waals surface area contributed by atoms with Crippen LogP contribution in [0, 0.1) is 5.21 Å². The maximum Gasteiger partial charge on any atom is 0.336 e. The summed E-state index contributed by atoms with van der Waals surface area (Å²) >= 11 is 0. The molecule has 1 aromatic rings. The predicted octanol–water partition coefficient (Wildman–Crippen LogP) is 4.37. The number of nitrogens with zero attached hydrogens (tertiary/aromatic N) is 1.